The zero-order valence-corrected chi connectivity index (χ0v) is 43.1. The van der Waals surface area contributed by atoms with Crippen LogP contribution >= 0.6 is 7.82 Å². The summed E-state index contributed by atoms with van der Waals surface area (Å²) in [6, 6.07) is 0. The van der Waals surface area contributed by atoms with E-state index in [0.29, 0.717) is 17.4 Å². The van der Waals surface area contributed by atoms with Crippen LogP contribution in [0.15, 0.2) is 48.6 Å². The summed E-state index contributed by atoms with van der Waals surface area (Å²) in [4.78, 5) is 37.8. The number of carbonyl (C=O) groups is 2. The van der Waals surface area contributed by atoms with Crippen LogP contribution in [-0.4, -0.2) is 70.0 Å². The number of phosphoric ester groups is 1. The van der Waals surface area contributed by atoms with E-state index >= 15 is 0 Å². The smallest absolute Gasteiger partial charge is 0.306 e. The lowest BCUT2D eigenvalue weighted by atomic mass is 10.0. The molecule has 2 atom stereocenters. The second-order valence-corrected chi connectivity index (χ2v) is 20.3. The maximum Gasteiger partial charge on any atom is 0.306 e. The summed E-state index contributed by atoms with van der Waals surface area (Å²) in [5.41, 5.74) is 0. The molecule has 0 heterocycles. The van der Waals surface area contributed by atoms with Gasteiger partial charge >= 0.3 is 11.9 Å². The Labute approximate surface area is 394 Å². The first kappa shape index (κ1) is 62.0. The Bertz CT molecular complexity index is 1230. The highest BCUT2D eigenvalue weighted by molar-refractivity contribution is 7.45. The number of ether oxygens (including phenoxy) is 2. The van der Waals surface area contributed by atoms with Gasteiger partial charge in [-0.05, 0) is 51.4 Å². The molecule has 0 spiro atoms. The highest BCUT2D eigenvalue weighted by Gasteiger charge is 2.21. The van der Waals surface area contributed by atoms with Gasteiger partial charge in [-0.25, -0.2) is 0 Å². The van der Waals surface area contributed by atoms with Crippen LogP contribution in [-0.2, 0) is 32.7 Å². The molecule has 0 rings (SSSR count). The molecule has 9 nitrogen and oxygen atoms in total. The van der Waals surface area contributed by atoms with Gasteiger partial charge in [-0.3, -0.25) is 14.2 Å². The van der Waals surface area contributed by atoms with Gasteiger partial charge in [0.05, 0.1) is 27.7 Å². The molecule has 10 heteroatoms. The molecule has 0 aliphatic rings. The summed E-state index contributed by atoms with van der Waals surface area (Å²) < 4.78 is 34.1. The quantitative estimate of drug-likeness (QED) is 0.0195. The molecule has 0 saturated heterocycles. The van der Waals surface area contributed by atoms with E-state index in [4.69, 9.17) is 18.5 Å². The Morgan fingerprint density at radius 1 is 0.500 bits per heavy atom. The van der Waals surface area contributed by atoms with Crippen LogP contribution in [0.3, 0.4) is 0 Å². The largest absolute Gasteiger partial charge is 0.756 e. The van der Waals surface area contributed by atoms with Crippen LogP contribution in [0.1, 0.15) is 232 Å². The van der Waals surface area contributed by atoms with Gasteiger partial charge in [0.2, 0.25) is 0 Å². The number of carbonyl (C=O) groups excluding carboxylic acids is 2. The molecule has 0 aliphatic heterocycles. The zero-order valence-electron chi connectivity index (χ0n) is 42.2. The summed E-state index contributed by atoms with van der Waals surface area (Å²) in [6.45, 7) is 4.14. The third kappa shape index (κ3) is 49.4. The van der Waals surface area contributed by atoms with Crippen molar-refractivity contribution in [2.75, 3.05) is 47.5 Å². The normalized spacial score (nSPS) is 13.8. The number of phosphoric acid groups is 1. The lowest BCUT2D eigenvalue weighted by molar-refractivity contribution is -0.870. The number of quaternary nitrogens is 1. The minimum atomic E-state index is -4.63. The highest BCUT2D eigenvalue weighted by Crippen LogP contribution is 2.38. The lowest BCUT2D eigenvalue weighted by Gasteiger charge is -2.28. The molecular formula is C54H100NO8P. The van der Waals surface area contributed by atoms with Crippen molar-refractivity contribution in [3.8, 4) is 0 Å². The van der Waals surface area contributed by atoms with Gasteiger partial charge in [-0.1, -0.05) is 217 Å². The van der Waals surface area contributed by atoms with Gasteiger partial charge in [0, 0.05) is 12.8 Å². The first-order valence-corrected chi connectivity index (χ1v) is 27.8. The minimum Gasteiger partial charge on any atom is -0.756 e. The molecule has 374 valence electrons. The van der Waals surface area contributed by atoms with Gasteiger partial charge < -0.3 is 27.9 Å². The van der Waals surface area contributed by atoms with Crippen molar-refractivity contribution < 1.29 is 42.1 Å². The van der Waals surface area contributed by atoms with Crippen molar-refractivity contribution in [2.45, 2.75) is 238 Å². The van der Waals surface area contributed by atoms with E-state index < -0.39 is 26.5 Å². The van der Waals surface area contributed by atoms with Gasteiger partial charge in [-0.2, -0.15) is 0 Å². The summed E-state index contributed by atoms with van der Waals surface area (Å²) >= 11 is 0. The van der Waals surface area contributed by atoms with Crippen molar-refractivity contribution in [3.63, 3.8) is 0 Å². The molecule has 64 heavy (non-hydrogen) atoms. The van der Waals surface area contributed by atoms with Crippen molar-refractivity contribution in [2.24, 2.45) is 0 Å². The minimum absolute atomic E-state index is 0.0314. The fourth-order valence-electron chi connectivity index (χ4n) is 7.29. The van der Waals surface area contributed by atoms with Gasteiger partial charge in [0.25, 0.3) is 7.82 Å². The first-order chi connectivity index (χ1) is 31.0. The monoisotopic (exact) mass is 922 g/mol. The fraction of sp³-hybridized carbons (Fsp3) is 0.815. The summed E-state index contributed by atoms with van der Waals surface area (Å²) in [7, 11) is 1.17. The second-order valence-electron chi connectivity index (χ2n) is 18.9. The van der Waals surface area contributed by atoms with Crippen LogP contribution < -0.4 is 4.89 Å². The summed E-state index contributed by atoms with van der Waals surface area (Å²) in [6.07, 6.45) is 55.7. The number of nitrogens with zero attached hydrogens (tertiary/aromatic N) is 1. The van der Waals surface area contributed by atoms with Crippen LogP contribution in [0.5, 0.6) is 0 Å². The number of likely N-dealkylation sites (N-methyl/N-ethyl adjacent to an activating group) is 1. The van der Waals surface area contributed by atoms with Gasteiger partial charge in [0.1, 0.15) is 19.8 Å². The third-order valence-corrected chi connectivity index (χ3v) is 12.3. The van der Waals surface area contributed by atoms with Crippen molar-refractivity contribution in [1.29, 1.82) is 0 Å². The molecule has 0 bridgehead atoms. The standard InChI is InChI=1S/C54H100NO8P/c1-6-8-10-12-14-16-18-20-22-24-25-26-27-28-29-31-33-35-37-39-41-43-45-47-54(57)63-52(51-62-64(58,59)61-49-48-55(3,4)5)50-60-53(56)46-44-42-40-38-36-34-32-30-23-21-19-17-15-13-11-9-7-2/h8,10,14,16,20,22,25-26,52H,6-7,9,11-13,15,17-19,21,23-24,27-51H2,1-5H3/b10-8-,16-14-,22-20-,26-25-. The van der Waals surface area contributed by atoms with Crippen LogP contribution in [0.25, 0.3) is 0 Å². The average Bonchev–Trinajstić information content (AvgIpc) is 3.25. The van der Waals surface area contributed by atoms with E-state index in [-0.39, 0.29) is 32.0 Å². The maximum atomic E-state index is 12.8. The molecule has 0 aliphatic carbocycles. The summed E-state index contributed by atoms with van der Waals surface area (Å²) in [5, 5.41) is 0. The summed E-state index contributed by atoms with van der Waals surface area (Å²) in [5.74, 6) is -0.830. The molecule has 0 radical (unpaired) electrons. The number of unbranched alkanes of at least 4 members (excludes halogenated alkanes) is 26. The molecule has 0 saturated carbocycles. The molecule has 0 aromatic carbocycles. The van der Waals surface area contributed by atoms with E-state index in [1.807, 2.05) is 21.1 Å². The molecular weight excluding hydrogens is 822 g/mol. The van der Waals surface area contributed by atoms with E-state index in [2.05, 4.69) is 62.5 Å². The van der Waals surface area contributed by atoms with Crippen molar-refractivity contribution in [1.82, 2.24) is 0 Å². The van der Waals surface area contributed by atoms with Gasteiger partial charge in [-0.15, -0.1) is 0 Å². The predicted molar refractivity (Wildman–Crippen MR) is 268 cm³/mol. The van der Waals surface area contributed by atoms with Crippen LogP contribution in [0.2, 0.25) is 0 Å². The topological polar surface area (TPSA) is 111 Å². The number of esters is 2. The van der Waals surface area contributed by atoms with Gasteiger partial charge in [0.15, 0.2) is 6.10 Å². The lowest BCUT2D eigenvalue weighted by Crippen LogP contribution is -2.37. The Kier molecular flexibility index (Phi) is 44.6. The van der Waals surface area contributed by atoms with E-state index in [9.17, 15) is 19.0 Å². The van der Waals surface area contributed by atoms with Crippen molar-refractivity contribution >= 4 is 19.8 Å². The maximum absolute atomic E-state index is 12.8. The van der Waals surface area contributed by atoms with Crippen LogP contribution in [0, 0.1) is 0 Å². The molecule has 0 aromatic rings. The Morgan fingerprint density at radius 3 is 1.33 bits per heavy atom. The van der Waals surface area contributed by atoms with E-state index in [0.717, 1.165) is 70.6 Å². The van der Waals surface area contributed by atoms with Crippen molar-refractivity contribution in [3.05, 3.63) is 48.6 Å². The highest BCUT2D eigenvalue weighted by atomic mass is 31.2. The zero-order chi connectivity index (χ0) is 47.1. The molecule has 0 fully saturated rings. The number of hydrogen-bond donors (Lipinski definition) is 0. The Balaban J connectivity index is 4.22. The molecule has 0 aromatic heterocycles. The van der Waals surface area contributed by atoms with Crippen LogP contribution in [0.4, 0.5) is 0 Å². The molecule has 2 unspecified atom stereocenters. The number of allylic oxidation sites excluding steroid dienone is 8. The Hall–Kier alpha value is -2.03. The fourth-order valence-corrected chi connectivity index (χ4v) is 8.02. The Morgan fingerprint density at radius 2 is 0.891 bits per heavy atom. The third-order valence-electron chi connectivity index (χ3n) is 11.4. The second kappa shape index (κ2) is 46.1. The predicted octanol–water partition coefficient (Wildman–Crippen LogP) is 15.2. The average molecular weight is 922 g/mol. The number of rotatable bonds is 48. The van der Waals surface area contributed by atoms with E-state index in [1.165, 1.54) is 128 Å². The number of hydrogen-bond acceptors (Lipinski definition) is 8. The SMILES string of the molecule is CC/C=C\C/C=C\C/C=C\C/C=C\CCCCCCCCCCCCC(=O)OC(COC(=O)CCCCCCCCCCCCCCCCCCC)COP(=O)([O-])OCC[N+](C)(C)C. The molecule has 0 amide bonds. The van der Waals surface area contributed by atoms with E-state index in [1.54, 1.807) is 0 Å². The molecule has 0 N–H and O–H groups in total. The first-order valence-electron chi connectivity index (χ1n) is 26.3.